The van der Waals surface area contributed by atoms with Crippen molar-refractivity contribution >= 4 is 11.9 Å². The highest BCUT2D eigenvalue weighted by atomic mass is 16.4. The molecule has 0 amide bonds. The molecule has 4 rings (SSSR count). The normalized spacial score (nSPS) is 30.0. The lowest BCUT2D eigenvalue weighted by Gasteiger charge is -2.58. The molecule has 1 aliphatic heterocycles. The molecule has 0 spiro atoms. The molecule has 0 unspecified atom stereocenters. The van der Waals surface area contributed by atoms with Gasteiger partial charge >= 0.3 is 11.9 Å². The number of fused-ring (bicyclic) bond motifs is 1. The molecule has 8 nitrogen and oxygen atoms in total. The van der Waals surface area contributed by atoms with Crippen LogP contribution in [0.1, 0.15) is 43.2 Å². The minimum atomic E-state index is -2.27. The third-order valence-corrected chi connectivity index (χ3v) is 6.90. The quantitative estimate of drug-likeness (QED) is 0.499. The molecule has 1 aromatic carbocycles. The number of carbonyl (C=O) groups is 2. The highest BCUT2D eigenvalue weighted by Gasteiger charge is 2.53. The molecule has 1 aromatic rings. The van der Waals surface area contributed by atoms with E-state index >= 15 is 0 Å². The largest absolute Gasteiger partial charge is 0.508 e. The fraction of sp³-hybridized carbons (Fsp3) is 0.619. The summed E-state index contributed by atoms with van der Waals surface area (Å²) < 4.78 is 0. The van der Waals surface area contributed by atoms with E-state index in [2.05, 4.69) is 24.1 Å². The molecule has 3 aliphatic rings. The summed E-state index contributed by atoms with van der Waals surface area (Å²) in [6.45, 7) is 1.22. The van der Waals surface area contributed by atoms with E-state index in [0.29, 0.717) is 11.2 Å². The number of nitrogens with zero attached hydrogens (tertiary/aromatic N) is 1. The van der Waals surface area contributed by atoms with E-state index in [9.17, 15) is 14.7 Å². The van der Waals surface area contributed by atoms with Crippen molar-refractivity contribution in [3.63, 3.8) is 0 Å². The number of aliphatic hydroxyl groups excluding tert-OH is 2. The van der Waals surface area contributed by atoms with Crippen LogP contribution in [0.2, 0.25) is 0 Å². The molecular formula is C21H29NO7. The van der Waals surface area contributed by atoms with Gasteiger partial charge in [0.2, 0.25) is 0 Å². The van der Waals surface area contributed by atoms with Crippen molar-refractivity contribution < 1.29 is 35.1 Å². The number of likely N-dealkylation sites (tertiary alicyclic amines) is 1. The summed E-state index contributed by atoms with van der Waals surface area (Å²) in [5.41, 5.74) is 3.36. The molecule has 5 N–H and O–H groups in total. The minimum Gasteiger partial charge on any atom is -0.508 e. The highest BCUT2D eigenvalue weighted by Crippen LogP contribution is 2.55. The first-order chi connectivity index (χ1) is 13.7. The Kier molecular flexibility index (Phi) is 6.16. The van der Waals surface area contributed by atoms with Gasteiger partial charge in [0.1, 0.15) is 5.75 Å². The third-order valence-electron chi connectivity index (χ3n) is 6.90. The molecule has 5 atom stereocenters. The summed E-state index contributed by atoms with van der Waals surface area (Å²) in [5, 5.41) is 42.4. The number of rotatable bonds is 3. The first-order valence-corrected chi connectivity index (χ1v) is 10.0. The number of benzene rings is 1. The topological polar surface area (TPSA) is 139 Å². The summed E-state index contributed by atoms with van der Waals surface area (Å²) in [7, 11) is 2.30. The zero-order valence-corrected chi connectivity index (χ0v) is 16.5. The second-order valence-electron chi connectivity index (χ2n) is 8.42. The molecule has 8 heteroatoms. The number of hydrogen-bond acceptors (Lipinski definition) is 6. The lowest BCUT2D eigenvalue weighted by molar-refractivity contribution is -0.165. The first-order valence-electron chi connectivity index (χ1n) is 10.0. The standard InChI is InChI=1S/C17H23NO.C4H6O6/c1-18-9-8-17-7-3-2-4-14(17)16(18)10-12-5-6-13(19)11-15(12)17;5-1(3(7)8)2(6)4(9)10/h5-6,11,14,16,19H,2-4,7-10H2,1H3;1-2,5-6H,(H,7,8)(H,9,10)/t14-,16+,17+;1-,2-/m11/s1. The molecule has 2 fully saturated rings. The summed E-state index contributed by atoms with van der Waals surface area (Å²) in [6, 6.07) is 6.85. The van der Waals surface area contributed by atoms with Crippen LogP contribution in [0.15, 0.2) is 18.2 Å². The molecule has 2 bridgehead atoms. The van der Waals surface area contributed by atoms with Gasteiger partial charge in [0.25, 0.3) is 0 Å². The van der Waals surface area contributed by atoms with E-state index < -0.39 is 24.1 Å². The maximum atomic E-state index is 9.91. The number of carboxylic acid groups (broad SMARTS) is 2. The molecule has 0 radical (unpaired) electrons. The van der Waals surface area contributed by atoms with E-state index in [1.165, 1.54) is 56.2 Å². The van der Waals surface area contributed by atoms with Gasteiger partial charge in [-0.05, 0) is 68.5 Å². The molecule has 2 aliphatic carbocycles. The Morgan fingerprint density at radius 3 is 2.38 bits per heavy atom. The lowest BCUT2D eigenvalue weighted by atomic mass is 9.52. The Hall–Kier alpha value is -2.16. The summed E-state index contributed by atoms with van der Waals surface area (Å²) in [5.74, 6) is -2.27. The summed E-state index contributed by atoms with van der Waals surface area (Å²) >= 11 is 0. The number of aromatic hydroxyl groups is 1. The van der Waals surface area contributed by atoms with E-state index in [4.69, 9.17) is 20.4 Å². The number of likely N-dealkylation sites (N-methyl/N-ethyl adjacent to an activating group) is 1. The molecule has 160 valence electrons. The Labute approximate surface area is 169 Å². The lowest BCUT2D eigenvalue weighted by Crippen LogP contribution is -2.59. The van der Waals surface area contributed by atoms with Crippen molar-refractivity contribution in [3.05, 3.63) is 29.3 Å². The Morgan fingerprint density at radius 2 is 1.76 bits per heavy atom. The SMILES string of the molecule is CN1CC[C@@]23CCCC[C@@H]2[C@@H]1Cc1ccc(O)cc13.O=C(O)[C@H](O)[C@@H](O)C(=O)O. The monoisotopic (exact) mass is 407 g/mol. The van der Waals surface area contributed by atoms with E-state index in [-0.39, 0.29) is 0 Å². The van der Waals surface area contributed by atoms with Crippen LogP contribution in [0.4, 0.5) is 0 Å². The number of aliphatic hydroxyl groups is 2. The highest BCUT2D eigenvalue weighted by molar-refractivity contribution is 5.83. The molecule has 1 saturated carbocycles. The average Bonchev–Trinajstić information content (AvgIpc) is 2.70. The van der Waals surface area contributed by atoms with E-state index in [0.717, 1.165) is 12.0 Å². The van der Waals surface area contributed by atoms with Gasteiger partial charge < -0.3 is 30.4 Å². The van der Waals surface area contributed by atoms with Crippen molar-refractivity contribution in [2.45, 2.75) is 62.2 Å². The Balaban J connectivity index is 0.000000207. The fourth-order valence-electron chi connectivity index (χ4n) is 5.45. The van der Waals surface area contributed by atoms with Gasteiger partial charge in [-0.1, -0.05) is 18.9 Å². The second kappa shape index (κ2) is 8.30. The number of phenols is 1. The number of phenolic OH excluding ortho intramolecular Hbond substituents is 1. The minimum absolute atomic E-state index is 0.377. The van der Waals surface area contributed by atoms with Crippen LogP contribution in [-0.4, -0.2) is 74.2 Å². The molecule has 1 heterocycles. The third kappa shape index (κ3) is 3.97. The number of piperidine rings is 1. The smallest absolute Gasteiger partial charge is 0.335 e. The molecule has 0 aromatic heterocycles. The van der Waals surface area contributed by atoms with Crippen LogP contribution in [0.5, 0.6) is 5.75 Å². The van der Waals surface area contributed by atoms with E-state index in [1.54, 1.807) is 0 Å². The number of carboxylic acids is 2. The molecule has 1 saturated heterocycles. The first kappa shape index (κ1) is 21.5. The van der Waals surface area contributed by atoms with Crippen molar-refractivity contribution in [2.24, 2.45) is 5.92 Å². The zero-order valence-electron chi connectivity index (χ0n) is 16.5. The zero-order chi connectivity index (χ0) is 21.3. The van der Waals surface area contributed by atoms with Crippen LogP contribution in [0.3, 0.4) is 0 Å². The predicted molar refractivity (Wildman–Crippen MR) is 104 cm³/mol. The molecule has 29 heavy (non-hydrogen) atoms. The molecular weight excluding hydrogens is 378 g/mol. The van der Waals surface area contributed by atoms with Crippen LogP contribution in [0, 0.1) is 5.92 Å². The van der Waals surface area contributed by atoms with Gasteiger partial charge in [-0.2, -0.15) is 0 Å². The predicted octanol–water partition coefficient (Wildman–Crippen LogP) is 0.958. The van der Waals surface area contributed by atoms with Gasteiger partial charge in [0.15, 0.2) is 12.2 Å². The van der Waals surface area contributed by atoms with Crippen LogP contribution in [0.25, 0.3) is 0 Å². The maximum absolute atomic E-state index is 9.91. The van der Waals surface area contributed by atoms with Crippen molar-refractivity contribution in [1.29, 1.82) is 0 Å². The van der Waals surface area contributed by atoms with Gasteiger partial charge in [0, 0.05) is 11.5 Å². The average molecular weight is 407 g/mol. The van der Waals surface area contributed by atoms with Crippen LogP contribution < -0.4 is 0 Å². The summed E-state index contributed by atoms with van der Waals surface area (Å²) in [4.78, 5) is 22.1. The van der Waals surface area contributed by atoms with Crippen molar-refractivity contribution in [3.8, 4) is 5.75 Å². The maximum Gasteiger partial charge on any atom is 0.335 e. The van der Waals surface area contributed by atoms with Crippen molar-refractivity contribution in [2.75, 3.05) is 13.6 Å². The number of hydrogen-bond donors (Lipinski definition) is 5. The van der Waals surface area contributed by atoms with Gasteiger partial charge in [-0.25, -0.2) is 9.59 Å². The Morgan fingerprint density at radius 1 is 1.10 bits per heavy atom. The van der Waals surface area contributed by atoms with Crippen molar-refractivity contribution in [1.82, 2.24) is 4.90 Å². The van der Waals surface area contributed by atoms with Gasteiger partial charge in [-0.3, -0.25) is 0 Å². The second-order valence-corrected chi connectivity index (χ2v) is 8.42. The van der Waals surface area contributed by atoms with Gasteiger partial charge in [0.05, 0.1) is 0 Å². The van der Waals surface area contributed by atoms with E-state index in [1.807, 2.05) is 6.07 Å². The fourth-order valence-corrected chi connectivity index (χ4v) is 5.45. The Bertz CT molecular complexity index is 764. The summed E-state index contributed by atoms with van der Waals surface area (Å²) in [6.07, 6.45) is 3.39. The van der Waals surface area contributed by atoms with Crippen LogP contribution >= 0.6 is 0 Å². The number of aliphatic carboxylic acids is 2. The van der Waals surface area contributed by atoms with Crippen LogP contribution in [-0.2, 0) is 21.4 Å². The van der Waals surface area contributed by atoms with Gasteiger partial charge in [-0.15, -0.1) is 0 Å².